The van der Waals surface area contributed by atoms with Gasteiger partial charge in [-0.1, -0.05) is 19.8 Å². The van der Waals surface area contributed by atoms with Crippen molar-refractivity contribution in [3.05, 3.63) is 0 Å². The van der Waals surface area contributed by atoms with Gasteiger partial charge in [-0.15, -0.1) is 0 Å². The number of rotatable bonds is 5. The molecule has 104 valence electrons. The first kappa shape index (κ1) is 13.8. The molecule has 0 radical (unpaired) electrons. The minimum Gasteiger partial charge on any atom is -0.380 e. The third kappa shape index (κ3) is 3.23. The Morgan fingerprint density at radius 2 is 2.06 bits per heavy atom. The summed E-state index contributed by atoms with van der Waals surface area (Å²) < 4.78 is 5.26. The molecule has 0 aromatic heterocycles. The van der Waals surface area contributed by atoms with Gasteiger partial charge in [0.1, 0.15) is 0 Å². The number of hydrogen-bond acceptors (Lipinski definition) is 3. The lowest BCUT2D eigenvalue weighted by Crippen LogP contribution is -2.53. The number of likely N-dealkylation sites (N-methyl/N-ethyl adjacent to an activating group) is 1. The summed E-state index contributed by atoms with van der Waals surface area (Å²) in [6, 6.07) is 0.360. The van der Waals surface area contributed by atoms with E-state index in [-0.39, 0.29) is 17.4 Å². The zero-order chi connectivity index (χ0) is 13.2. The lowest BCUT2D eigenvalue weighted by molar-refractivity contribution is -0.133. The Kier molecular flexibility index (Phi) is 4.28. The van der Waals surface area contributed by atoms with Gasteiger partial charge in [0, 0.05) is 18.0 Å². The molecule has 1 amide bonds. The highest BCUT2D eigenvalue weighted by Gasteiger charge is 2.36. The molecule has 0 bridgehead atoms. The highest BCUT2D eigenvalue weighted by atomic mass is 16.5. The van der Waals surface area contributed by atoms with Crippen LogP contribution in [0.3, 0.4) is 0 Å². The zero-order valence-electron chi connectivity index (χ0n) is 11.9. The molecule has 1 saturated carbocycles. The van der Waals surface area contributed by atoms with Crippen molar-refractivity contribution in [3.8, 4) is 0 Å². The molecule has 4 heteroatoms. The number of nitrogens with zero attached hydrogens (tertiary/aromatic N) is 1. The molecule has 2 aliphatic rings. The second-order valence-corrected chi connectivity index (χ2v) is 6.38. The van der Waals surface area contributed by atoms with Gasteiger partial charge in [0.05, 0.1) is 19.3 Å². The number of carbonyl (C=O) groups is 1. The summed E-state index contributed by atoms with van der Waals surface area (Å²) in [5.74, 6) is 0.174. The molecule has 0 aromatic rings. The lowest BCUT2D eigenvalue weighted by Gasteiger charge is -2.42. The van der Waals surface area contributed by atoms with Gasteiger partial charge in [-0.3, -0.25) is 9.69 Å². The minimum absolute atomic E-state index is 0.0528. The Morgan fingerprint density at radius 1 is 1.44 bits per heavy atom. The predicted octanol–water partition coefficient (Wildman–Crippen LogP) is 1.40. The van der Waals surface area contributed by atoms with E-state index in [0.29, 0.717) is 6.04 Å². The Bertz CT molecular complexity index is 296. The van der Waals surface area contributed by atoms with Crippen LogP contribution in [0, 0.1) is 5.41 Å². The monoisotopic (exact) mass is 254 g/mol. The van der Waals surface area contributed by atoms with Crippen molar-refractivity contribution in [3.63, 3.8) is 0 Å². The van der Waals surface area contributed by atoms with E-state index < -0.39 is 0 Å². The molecule has 1 N–H and O–H groups in total. The molecule has 0 spiro atoms. The first-order valence-corrected chi connectivity index (χ1v) is 7.08. The molecule has 1 unspecified atom stereocenters. The molecular formula is C14H26N2O2. The Morgan fingerprint density at radius 3 is 2.56 bits per heavy atom. The standard InChI is InChI=1S/C14H26N2O2/c1-11(13(17)15-12-6-4-5-7-12)16(3)8-14(2)9-18-10-14/h11-12H,4-10H2,1-3H3,(H,15,17). The number of amides is 1. The van der Waals surface area contributed by atoms with Gasteiger partial charge >= 0.3 is 0 Å². The van der Waals surface area contributed by atoms with E-state index in [4.69, 9.17) is 4.74 Å². The van der Waals surface area contributed by atoms with E-state index in [0.717, 1.165) is 32.6 Å². The molecule has 1 aliphatic heterocycles. The van der Waals surface area contributed by atoms with E-state index in [1.165, 1.54) is 12.8 Å². The molecule has 1 heterocycles. The second-order valence-electron chi connectivity index (χ2n) is 6.38. The zero-order valence-corrected chi connectivity index (χ0v) is 11.9. The highest BCUT2D eigenvalue weighted by Crippen LogP contribution is 2.27. The molecule has 1 atom stereocenters. The van der Waals surface area contributed by atoms with Gasteiger partial charge in [0.2, 0.25) is 5.91 Å². The smallest absolute Gasteiger partial charge is 0.237 e. The minimum atomic E-state index is -0.0528. The van der Waals surface area contributed by atoms with Crippen LogP contribution in [0.1, 0.15) is 39.5 Å². The summed E-state index contributed by atoms with van der Waals surface area (Å²) >= 11 is 0. The molecule has 0 aromatic carbocycles. The van der Waals surface area contributed by atoms with Crippen molar-refractivity contribution in [2.75, 3.05) is 26.8 Å². The average molecular weight is 254 g/mol. The molecule has 2 fully saturated rings. The van der Waals surface area contributed by atoms with Gasteiger partial charge in [-0.2, -0.15) is 0 Å². The number of hydrogen-bond donors (Lipinski definition) is 1. The van der Waals surface area contributed by atoms with Crippen molar-refractivity contribution in [1.82, 2.24) is 10.2 Å². The Labute approximate surface area is 110 Å². The third-order valence-electron chi connectivity index (χ3n) is 4.27. The maximum atomic E-state index is 12.1. The topological polar surface area (TPSA) is 41.6 Å². The van der Waals surface area contributed by atoms with Crippen molar-refractivity contribution >= 4 is 5.91 Å². The first-order chi connectivity index (χ1) is 8.50. The van der Waals surface area contributed by atoms with Crippen LogP contribution in [-0.4, -0.2) is 49.7 Å². The van der Waals surface area contributed by atoms with Crippen molar-refractivity contribution in [2.45, 2.75) is 51.6 Å². The lowest BCUT2D eigenvalue weighted by atomic mass is 9.88. The maximum Gasteiger partial charge on any atom is 0.237 e. The summed E-state index contributed by atoms with van der Waals surface area (Å²) in [7, 11) is 2.03. The second kappa shape index (κ2) is 5.57. The van der Waals surface area contributed by atoms with Crippen molar-refractivity contribution in [1.29, 1.82) is 0 Å². The summed E-state index contributed by atoms with van der Waals surface area (Å²) in [5.41, 5.74) is 0.233. The number of ether oxygens (including phenoxy) is 1. The summed E-state index contributed by atoms with van der Waals surface area (Å²) in [6.07, 6.45) is 4.80. The fourth-order valence-corrected chi connectivity index (χ4v) is 2.87. The highest BCUT2D eigenvalue weighted by molar-refractivity contribution is 5.81. The van der Waals surface area contributed by atoms with Gasteiger partial charge in [0.15, 0.2) is 0 Å². The van der Waals surface area contributed by atoms with Crippen molar-refractivity contribution in [2.24, 2.45) is 5.41 Å². The van der Waals surface area contributed by atoms with Crippen LogP contribution < -0.4 is 5.32 Å². The van der Waals surface area contributed by atoms with Gasteiger partial charge in [0.25, 0.3) is 0 Å². The fourth-order valence-electron chi connectivity index (χ4n) is 2.87. The first-order valence-electron chi connectivity index (χ1n) is 7.08. The Hall–Kier alpha value is -0.610. The van der Waals surface area contributed by atoms with Gasteiger partial charge < -0.3 is 10.1 Å². The SMILES string of the molecule is CC(C(=O)NC1CCCC1)N(C)CC1(C)COC1. The fraction of sp³-hybridized carbons (Fsp3) is 0.929. The van der Waals surface area contributed by atoms with Crippen LogP contribution in [0.15, 0.2) is 0 Å². The normalized spacial score (nSPS) is 24.9. The van der Waals surface area contributed by atoms with Gasteiger partial charge in [-0.05, 0) is 26.8 Å². The largest absolute Gasteiger partial charge is 0.380 e. The number of carbonyl (C=O) groups excluding carboxylic acids is 1. The number of nitrogens with one attached hydrogen (secondary N) is 1. The van der Waals surface area contributed by atoms with Crippen LogP contribution in [-0.2, 0) is 9.53 Å². The van der Waals surface area contributed by atoms with Gasteiger partial charge in [-0.25, -0.2) is 0 Å². The van der Waals surface area contributed by atoms with Crippen LogP contribution in [0.2, 0.25) is 0 Å². The predicted molar refractivity (Wildman–Crippen MR) is 71.4 cm³/mol. The molecule has 2 rings (SSSR count). The Balaban J connectivity index is 1.77. The van der Waals surface area contributed by atoms with E-state index in [1.54, 1.807) is 0 Å². The average Bonchev–Trinajstić information content (AvgIpc) is 2.78. The molecular weight excluding hydrogens is 228 g/mol. The molecule has 1 aliphatic carbocycles. The van der Waals surface area contributed by atoms with E-state index >= 15 is 0 Å². The van der Waals surface area contributed by atoms with Crippen molar-refractivity contribution < 1.29 is 9.53 Å². The molecule has 1 saturated heterocycles. The quantitative estimate of drug-likeness (QED) is 0.806. The maximum absolute atomic E-state index is 12.1. The van der Waals surface area contributed by atoms with E-state index in [1.807, 2.05) is 14.0 Å². The van der Waals surface area contributed by atoms with E-state index in [2.05, 4.69) is 17.1 Å². The summed E-state index contributed by atoms with van der Waals surface area (Å²) in [6.45, 7) is 6.76. The van der Waals surface area contributed by atoms with Crippen LogP contribution in [0.4, 0.5) is 0 Å². The summed E-state index contributed by atoms with van der Waals surface area (Å²) in [5, 5.41) is 3.17. The van der Waals surface area contributed by atoms with Crippen LogP contribution >= 0.6 is 0 Å². The third-order valence-corrected chi connectivity index (χ3v) is 4.27. The summed E-state index contributed by atoms with van der Waals surface area (Å²) in [4.78, 5) is 14.3. The van der Waals surface area contributed by atoms with E-state index in [9.17, 15) is 4.79 Å². The van der Waals surface area contributed by atoms with Crippen LogP contribution in [0.5, 0.6) is 0 Å². The van der Waals surface area contributed by atoms with Crippen LogP contribution in [0.25, 0.3) is 0 Å². The molecule has 4 nitrogen and oxygen atoms in total. The molecule has 18 heavy (non-hydrogen) atoms.